The minimum Gasteiger partial charge on any atom is -0.463 e. The van der Waals surface area contributed by atoms with Gasteiger partial charge in [-0.15, -0.1) is 0 Å². The van der Waals surface area contributed by atoms with Gasteiger partial charge in [-0.25, -0.2) is 14.0 Å². The highest BCUT2D eigenvalue weighted by Gasteiger charge is 2.34. The molecule has 2 N–H and O–H groups in total. The van der Waals surface area contributed by atoms with Gasteiger partial charge in [0, 0.05) is 5.70 Å². The van der Waals surface area contributed by atoms with Crippen LogP contribution in [-0.4, -0.2) is 25.4 Å². The molecule has 1 unspecified atom stereocenters. The average Bonchev–Trinajstić information content (AvgIpc) is 3.21. The number of rotatable bonds is 6. The molecular formula is C22H21FN2O5. The summed E-state index contributed by atoms with van der Waals surface area (Å²) in [5, 5.41) is 5.53. The molecule has 30 heavy (non-hydrogen) atoms. The molecule has 2 aliphatic heterocycles. The third kappa shape index (κ3) is 4.07. The summed E-state index contributed by atoms with van der Waals surface area (Å²) in [4.78, 5) is 25.2. The predicted molar refractivity (Wildman–Crippen MR) is 105 cm³/mol. The van der Waals surface area contributed by atoms with Crippen molar-refractivity contribution in [2.45, 2.75) is 25.8 Å². The summed E-state index contributed by atoms with van der Waals surface area (Å²) in [6.45, 7) is 2.05. The van der Waals surface area contributed by atoms with E-state index in [4.69, 9.17) is 14.2 Å². The third-order valence-electron chi connectivity index (χ3n) is 4.96. The highest BCUT2D eigenvalue weighted by atomic mass is 19.1. The summed E-state index contributed by atoms with van der Waals surface area (Å²) in [5.41, 5.74) is 2.37. The average molecular weight is 412 g/mol. The van der Waals surface area contributed by atoms with Crippen molar-refractivity contribution in [1.82, 2.24) is 10.6 Å². The first-order valence-electron chi connectivity index (χ1n) is 9.67. The molecule has 156 valence electrons. The van der Waals surface area contributed by atoms with Crippen LogP contribution in [0.3, 0.4) is 0 Å². The highest BCUT2D eigenvalue weighted by molar-refractivity contribution is 5.95. The Hall–Kier alpha value is -3.55. The molecule has 0 aliphatic carbocycles. The van der Waals surface area contributed by atoms with E-state index < -0.39 is 18.0 Å². The fourth-order valence-electron chi connectivity index (χ4n) is 3.53. The van der Waals surface area contributed by atoms with E-state index in [1.807, 2.05) is 0 Å². The maximum absolute atomic E-state index is 13.2. The van der Waals surface area contributed by atoms with Gasteiger partial charge < -0.3 is 24.8 Å². The van der Waals surface area contributed by atoms with E-state index in [0.717, 1.165) is 5.56 Å². The van der Waals surface area contributed by atoms with Crippen LogP contribution in [0.4, 0.5) is 9.18 Å². The van der Waals surface area contributed by atoms with Gasteiger partial charge >= 0.3 is 12.0 Å². The molecule has 0 saturated carbocycles. The van der Waals surface area contributed by atoms with Gasteiger partial charge in [-0.3, -0.25) is 0 Å². The van der Waals surface area contributed by atoms with Gasteiger partial charge in [0.2, 0.25) is 6.79 Å². The Morgan fingerprint density at radius 3 is 2.67 bits per heavy atom. The number of amides is 2. The van der Waals surface area contributed by atoms with Gasteiger partial charge in [-0.1, -0.05) is 18.2 Å². The zero-order valence-electron chi connectivity index (χ0n) is 16.4. The van der Waals surface area contributed by atoms with Crippen LogP contribution in [-0.2, 0) is 16.0 Å². The lowest BCUT2D eigenvalue weighted by Crippen LogP contribution is -2.46. The maximum Gasteiger partial charge on any atom is 0.338 e. The van der Waals surface area contributed by atoms with E-state index in [-0.39, 0.29) is 19.2 Å². The first-order chi connectivity index (χ1) is 14.5. The molecule has 0 saturated heterocycles. The fourth-order valence-corrected chi connectivity index (χ4v) is 3.53. The van der Waals surface area contributed by atoms with Gasteiger partial charge in [0.05, 0.1) is 18.2 Å². The number of halogens is 1. The fraction of sp³-hybridized carbons (Fsp3) is 0.273. The lowest BCUT2D eigenvalue weighted by atomic mass is 9.93. The third-order valence-corrected chi connectivity index (χ3v) is 4.96. The topological polar surface area (TPSA) is 85.9 Å². The number of urea groups is 1. The first kappa shape index (κ1) is 19.8. The number of aryl methyl sites for hydroxylation is 1. The zero-order valence-corrected chi connectivity index (χ0v) is 16.4. The number of allylic oxidation sites excluding steroid dienone is 1. The van der Waals surface area contributed by atoms with E-state index in [2.05, 4.69) is 10.6 Å². The lowest BCUT2D eigenvalue weighted by Gasteiger charge is -2.29. The molecule has 4 rings (SSSR count). The Labute approximate surface area is 172 Å². The molecule has 0 fully saturated rings. The number of ether oxygens (including phenoxy) is 3. The second-order valence-electron chi connectivity index (χ2n) is 6.88. The van der Waals surface area contributed by atoms with Crippen molar-refractivity contribution in [3.05, 3.63) is 70.7 Å². The predicted octanol–water partition coefficient (Wildman–Crippen LogP) is 3.36. The highest BCUT2D eigenvalue weighted by Crippen LogP contribution is 2.37. The van der Waals surface area contributed by atoms with Crippen molar-refractivity contribution in [3.8, 4) is 11.5 Å². The molecule has 2 amide bonds. The lowest BCUT2D eigenvalue weighted by molar-refractivity contribution is -0.139. The van der Waals surface area contributed by atoms with Crippen molar-refractivity contribution >= 4 is 12.0 Å². The molecule has 0 radical (unpaired) electrons. The molecule has 2 aliphatic rings. The Kier molecular flexibility index (Phi) is 5.56. The molecule has 2 aromatic rings. The summed E-state index contributed by atoms with van der Waals surface area (Å²) >= 11 is 0. The molecule has 0 aromatic heterocycles. The zero-order chi connectivity index (χ0) is 21.1. The van der Waals surface area contributed by atoms with Crippen LogP contribution in [0, 0.1) is 5.82 Å². The number of carbonyl (C=O) groups excluding carboxylic acids is 2. The normalized spacial score (nSPS) is 17.4. The quantitative estimate of drug-likeness (QED) is 0.711. The van der Waals surface area contributed by atoms with Crippen molar-refractivity contribution in [1.29, 1.82) is 0 Å². The minimum absolute atomic E-state index is 0.126. The van der Waals surface area contributed by atoms with Crippen molar-refractivity contribution in [2.24, 2.45) is 0 Å². The van der Waals surface area contributed by atoms with E-state index in [9.17, 15) is 14.0 Å². The maximum atomic E-state index is 13.2. The number of hydrogen-bond acceptors (Lipinski definition) is 5. The van der Waals surface area contributed by atoms with E-state index in [1.165, 1.54) is 12.1 Å². The molecule has 0 spiro atoms. The van der Waals surface area contributed by atoms with E-state index in [1.54, 1.807) is 37.3 Å². The minimum atomic E-state index is -0.699. The molecule has 8 heteroatoms. The van der Waals surface area contributed by atoms with Crippen LogP contribution < -0.4 is 20.1 Å². The van der Waals surface area contributed by atoms with E-state index in [0.29, 0.717) is 41.2 Å². The number of carbonyl (C=O) groups is 2. The molecular weight excluding hydrogens is 391 g/mol. The second kappa shape index (κ2) is 8.44. The Morgan fingerprint density at radius 2 is 1.90 bits per heavy atom. The van der Waals surface area contributed by atoms with Crippen LogP contribution in [0.15, 0.2) is 53.7 Å². The molecule has 2 aromatic carbocycles. The smallest absolute Gasteiger partial charge is 0.338 e. The largest absolute Gasteiger partial charge is 0.463 e. The molecule has 7 nitrogen and oxygen atoms in total. The number of nitrogens with one attached hydrogen (secondary N) is 2. The van der Waals surface area contributed by atoms with Gasteiger partial charge in [0.25, 0.3) is 0 Å². The molecule has 0 bridgehead atoms. The Balaban J connectivity index is 1.68. The number of esters is 1. The standard InChI is InChI=1S/C22H21FN2O5/c1-2-28-21(26)19-16(9-5-13-3-7-15(23)8-4-13)24-22(27)25-20(19)14-6-10-17-18(11-14)30-12-29-17/h3-4,6-8,10-11,20H,2,5,9,12H2,1H3,(H2,24,25,27). The van der Waals surface area contributed by atoms with Gasteiger partial charge in [0.1, 0.15) is 5.82 Å². The number of fused-ring (bicyclic) bond motifs is 1. The van der Waals surface area contributed by atoms with Crippen molar-refractivity contribution in [3.63, 3.8) is 0 Å². The van der Waals surface area contributed by atoms with Crippen LogP contribution in [0.1, 0.15) is 30.5 Å². The number of hydrogen-bond donors (Lipinski definition) is 2. The van der Waals surface area contributed by atoms with Crippen LogP contribution in [0.5, 0.6) is 11.5 Å². The summed E-state index contributed by atoms with van der Waals surface area (Å²) in [7, 11) is 0. The first-order valence-corrected chi connectivity index (χ1v) is 9.67. The summed E-state index contributed by atoms with van der Waals surface area (Å²) in [6, 6.07) is 10.3. The van der Waals surface area contributed by atoms with Crippen LogP contribution in [0.2, 0.25) is 0 Å². The van der Waals surface area contributed by atoms with Crippen molar-refractivity contribution < 1.29 is 28.2 Å². The Bertz CT molecular complexity index is 1000. The van der Waals surface area contributed by atoms with Gasteiger partial charge in [0.15, 0.2) is 11.5 Å². The Morgan fingerprint density at radius 1 is 1.13 bits per heavy atom. The van der Waals surface area contributed by atoms with Gasteiger partial charge in [-0.05, 0) is 55.2 Å². The second-order valence-corrected chi connectivity index (χ2v) is 6.88. The van der Waals surface area contributed by atoms with Crippen LogP contribution >= 0.6 is 0 Å². The van der Waals surface area contributed by atoms with E-state index >= 15 is 0 Å². The number of benzene rings is 2. The monoisotopic (exact) mass is 412 g/mol. The summed E-state index contributed by atoms with van der Waals surface area (Å²) in [6.07, 6.45) is 0.904. The molecule has 1 atom stereocenters. The summed E-state index contributed by atoms with van der Waals surface area (Å²) in [5.74, 6) is 0.332. The SMILES string of the molecule is CCOC(=O)C1=C(CCc2ccc(F)cc2)NC(=O)NC1c1ccc2c(c1)OCO2. The summed E-state index contributed by atoms with van der Waals surface area (Å²) < 4.78 is 29.2. The van der Waals surface area contributed by atoms with Crippen molar-refractivity contribution in [2.75, 3.05) is 13.4 Å². The van der Waals surface area contributed by atoms with Gasteiger partial charge in [-0.2, -0.15) is 0 Å². The molecule has 2 heterocycles. The van der Waals surface area contributed by atoms with Crippen LogP contribution in [0.25, 0.3) is 0 Å².